The zero-order valence-electron chi connectivity index (χ0n) is 8.80. The molecule has 0 fully saturated rings. The van der Waals surface area contributed by atoms with E-state index in [9.17, 15) is 10.1 Å². The highest BCUT2D eigenvalue weighted by atomic mass is 16.6. The molecule has 0 bridgehead atoms. The summed E-state index contributed by atoms with van der Waals surface area (Å²) in [6.07, 6.45) is 5.94. The lowest BCUT2D eigenvalue weighted by molar-refractivity contribution is -0.384. The van der Waals surface area contributed by atoms with Gasteiger partial charge in [0.05, 0.1) is 11.0 Å². The zero-order chi connectivity index (χ0) is 11.8. The van der Waals surface area contributed by atoms with Crippen molar-refractivity contribution in [1.82, 2.24) is 0 Å². The first kappa shape index (κ1) is 11.9. The van der Waals surface area contributed by atoms with Crippen LogP contribution in [0.4, 0.5) is 5.69 Å². The molecule has 1 rings (SSSR count). The van der Waals surface area contributed by atoms with E-state index in [-0.39, 0.29) is 5.69 Å². The smallest absolute Gasteiger partial charge is 0.258 e. The van der Waals surface area contributed by atoms with E-state index in [4.69, 9.17) is 5.26 Å². The van der Waals surface area contributed by atoms with Gasteiger partial charge in [0.1, 0.15) is 0 Å². The van der Waals surface area contributed by atoms with Crippen LogP contribution < -0.4 is 0 Å². The van der Waals surface area contributed by atoms with Gasteiger partial charge in [-0.3, -0.25) is 10.1 Å². The number of nitriles is 1. The van der Waals surface area contributed by atoms with Gasteiger partial charge in [0.2, 0.25) is 0 Å². The number of nitro groups is 1. The summed E-state index contributed by atoms with van der Waals surface area (Å²) >= 11 is 0. The van der Waals surface area contributed by atoms with Crippen molar-refractivity contribution in [2.24, 2.45) is 0 Å². The van der Waals surface area contributed by atoms with Crippen LogP contribution in [0.2, 0.25) is 0 Å². The standard InChI is InChI=1S/C12H12N2O2/c13-9-4-2-1-3-6-11-7-5-8-12(10-11)14(15)16/h3,5-8,10H,1-2,4H2/b6-3-/i9-1. The Kier molecular flexibility index (Phi) is 4.74. The highest BCUT2D eigenvalue weighted by molar-refractivity contribution is 5.53. The van der Waals surface area contributed by atoms with Gasteiger partial charge in [0.25, 0.3) is 5.69 Å². The van der Waals surface area contributed by atoms with E-state index in [0.29, 0.717) is 6.42 Å². The highest BCUT2D eigenvalue weighted by Crippen LogP contribution is 2.14. The number of hydrogen-bond acceptors (Lipinski definition) is 3. The summed E-state index contributed by atoms with van der Waals surface area (Å²) in [7, 11) is 0. The molecule has 0 atom stereocenters. The summed E-state index contributed by atoms with van der Waals surface area (Å²) in [6, 6.07) is 8.53. The van der Waals surface area contributed by atoms with E-state index in [1.54, 1.807) is 6.07 Å². The number of nitro benzene ring substituents is 1. The van der Waals surface area contributed by atoms with Crippen LogP contribution in [0.25, 0.3) is 6.08 Å². The first-order valence-electron chi connectivity index (χ1n) is 5.02. The molecule has 0 aliphatic heterocycles. The molecule has 0 aliphatic rings. The van der Waals surface area contributed by atoms with Crippen LogP contribution in [0.15, 0.2) is 30.3 Å². The SMILES string of the molecule is N#[11C]CCC/C=C\c1cccc([N+](=O)[O-])c1. The van der Waals surface area contributed by atoms with Gasteiger partial charge in [0, 0.05) is 18.6 Å². The molecule has 0 aromatic heterocycles. The maximum absolute atomic E-state index is 10.5. The fourth-order valence-corrected chi connectivity index (χ4v) is 1.26. The van der Waals surface area contributed by atoms with Gasteiger partial charge in [0.15, 0.2) is 0 Å². The lowest BCUT2D eigenvalue weighted by atomic mass is 10.0. The lowest BCUT2D eigenvalue weighted by Gasteiger charge is -1.94. The van der Waals surface area contributed by atoms with Gasteiger partial charge < -0.3 is 0 Å². The predicted octanol–water partition coefficient (Wildman–Crippen LogP) is 3.30. The molecule has 0 saturated carbocycles. The van der Waals surface area contributed by atoms with Gasteiger partial charge in [-0.25, -0.2) is 0 Å². The van der Waals surface area contributed by atoms with E-state index in [1.807, 2.05) is 18.2 Å². The Balaban J connectivity index is 2.57. The number of nitrogens with zero attached hydrogens (tertiary/aromatic N) is 2. The Hall–Kier alpha value is -2.15. The van der Waals surface area contributed by atoms with Crippen molar-refractivity contribution in [3.63, 3.8) is 0 Å². The summed E-state index contributed by atoms with van der Waals surface area (Å²) in [4.78, 5) is 10.1. The molecule has 16 heavy (non-hydrogen) atoms. The van der Waals surface area contributed by atoms with Crippen molar-refractivity contribution >= 4 is 11.8 Å². The maximum atomic E-state index is 10.5. The predicted molar refractivity (Wildman–Crippen MR) is 61.6 cm³/mol. The molecule has 4 nitrogen and oxygen atoms in total. The van der Waals surface area contributed by atoms with E-state index < -0.39 is 4.92 Å². The minimum Gasteiger partial charge on any atom is -0.258 e. The number of hydrogen-bond donors (Lipinski definition) is 0. The van der Waals surface area contributed by atoms with Crippen molar-refractivity contribution < 1.29 is 4.92 Å². The number of benzene rings is 1. The molecule has 0 spiro atoms. The van der Waals surface area contributed by atoms with Gasteiger partial charge in [-0.1, -0.05) is 24.3 Å². The molecule has 4 heteroatoms. The van der Waals surface area contributed by atoms with Crippen LogP contribution in [0.1, 0.15) is 24.8 Å². The molecule has 1 aromatic carbocycles. The Bertz CT molecular complexity index is 433. The van der Waals surface area contributed by atoms with E-state index >= 15 is 0 Å². The second kappa shape index (κ2) is 6.36. The summed E-state index contributed by atoms with van der Waals surface area (Å²) in [5.41, 5.74) is 0.908. The van der Waals surface area contributed by atoms with Crippen LogP contribution >= 0.6 is 0 Å². The Labute approximate surface area is 94.0 Å². The van der Waals surface area contributed by atoms with Crippen LogP contribution in [-0.2, 0) is 0 Å². The van der Waals surface area contributed by atoms with Crippen molar-refractivity contribution in [3.05, 3.63) is 46.0 Å². The average molecular weight is 215 g/mol. The molecule has 0 aliphatic carbocycles. The number of unbranched alkanes of at least 4 members (excludes halogenated alkanes) is 2. The monoisotopic (exact) mass is 215 g/mol. The molecular weight excluding hydrogens is 203 g/mol. The normalized spacial score (nSPS) is 10.2. The van der Waals surface area contributed by atoms with Gasteiger partial charge in [-0.05, 0) is 18.4 Å². The van der Waals surface area contributed by atoms with Crippen molar-refractivity contribution in [1.29, 1.82) is 5.26 Å². The van der Waals surface area contributed by atoms with Crippen molar-refractivity contribution in [2.75, 3.05) is 0 Å². The molecule has 0 radical (unpaired) electrons. The highest BCUT2D eigenvalue weighted by Gasteiger charge is 2.03. The Morgan fingerprint density at radius 2 is 2.31 bits per heavy atom. The fraction of sp³-hybridized carbons (Fsp3) is 0.250. The van der Waals surface area contributed by atoms with Crippen LogP contribution in [0, 0.1) is 21.4 Å². The maximum Gasteiger partial charge on any atom is 0.270 e. The Morgan fingerprint density at radius 1 is 1.50 bits per heavy atom. The van der Waals surface area contributed by atoms with Crippen LogP contribution in [0.5, 0.6) is 0 Å². The zero-order valence-corrected chi connectivity index (χ0v) is 8.80. The summed E-state index contributed by atoms with van der Waals surface area (Å²) in [5, 5.41) is 18.8. The lowest BCUT2D eigenvalue weighted by Crippen LogP contribution is -1.87. The second-order valence-electron chi connectivity index (χ2n) is 3.30. The topological polar surface area (TPSA) is 66.9 Å². The first-order valence-corrected chi connectivity index (χ1v) is 5.02. The van der Waals surface area contributed by atoms with E-state index in [1.165, 1.54) is 12.1 Å². The number of allylic oxidation sites excluding steroid dienone is 1. The van der Waals surface area contributed by atoms with Gasteiger partial charge in [-0.15, -0.1) is 0 Å². The van der Waals surface area contributed by atoms with E-state index in [0.717, 1.165) is 18.4 Å². The molecule has 0 unspecified atom stereocenters. The van der Waals surface area contributed by atoms with Crippen LogP contribution in [-0.4, -0.2) is 4.92 Å². The fourth-order valence-electron chi connectivity index (χ4n) is 1.26. The van der Waals surface area contributed by atoms with Crippen molar-refractivity contribution in [2.45, 2.75) is 19.3 Å². The Morgan fingerprint density at radius 3 is 3.00 bits per heavy atom. The molecule has 0 saturated heterocycles. The molecule has 0 N–H and O–H groups in total. The average Bonchev–Trinajstić information content (AvgIpc) is 2.29. The molecule has 82 valence electrons. The minimum atomic E-state index is -0.410. The number of non-ortho nitro benzene ring substituents is 1. The largest absolute Gasteiger partial charge is 0.270 e. The van der Waals surface area contributed by atoms with Crippen LogP contribution in [0.3, 0.4) is 0 Å². The molecule has 0 amide bonds. The summed E-state index contributed by atoms with van der Waals surface area (Å²) in [6.45, 7) is 0. The van der Waals surface area contributed by atoms with Gasteiger partial charge in [-0.2, -0.15) is 5.26 Å². The summed E-state index contributed by atoms with van der Waals surface area (Å²) in [5.74, 6) is 0. The third kappa shape index (κ3) is 3.93. The third-order valence-electron chi connectivity index (χ3n) is 2.05. The summed E-state index contributed by atoms with van der Waals surface area (Å²) < 4.78 is 0. The first-order chi connectivity index (χ1) is 7.74. The minimum absolute atomic E-state index is 0.0965. The van der Waals surface area contributed by atoms with Crippen molar-refractivity contribution in [3.8, 4) is 6.07 Å². The van der Waals surface area contributed by atoms with E-state index in [2.05, 4.69) is 6.07 Å². The number of rotatable bonds is 5. The molecular formula is C12H12N2O2. The van der Waals surface area contributed by atoms with Gasteiger partial charge >= 0.3 is 0 Å². The molecule has 0 heterocycles. The second-order valence-corrected chi connectivity index (χ2v) is 3.30. The quantitative estimate of drug-likeness (QED) is 0.430. The molecule has 1 aromatic rings. The third-order valence-corrected chi connectivity index (χ3v) is 2.05.